The molecule has 2 nitrogen and oxygen atoms in total. The highest BCUT2D eigenvalue weighted by molar-refractivity contribution is 4.73. The molecule has 0 amide bonds. The van der Waals surface area contributed by atoms with Crippen LogP contribution in [0, 0.1) is 5.92 Å². The van der Waals surface area contributed by atoms with Crippen molar-refractivity contribution in [1.29, 1.82) is 0 Å². The van der Waals surface area contributed by atoms with Crippen LogP contribution in [0.2, 0.25) is 0 Å². The zero-order valence-electron chi connectivity index (χ0n) is 7.88. The topological polar surface area (TPSA) is 20.2 Å². The molecule has 0 heterocycles. The van der Waals surface area contributed by atoms with Crippen molar-refractivity contribution in [2.45, 2.75) is 25.4 Å². The molecule has 0 bridgehead atoms. The van der Waals surface area contributed by atoms with E-state index in [0.29, 0.717) is 0 Å². The average Bonchev–Trinajstić information content (AvgIpc) is 2.10. The smallest absolute Gasteiger partial charge is 0.0809 e. The summed E-state index contributed by atoms with van der Waals surface area (Å²) in [5.74, 6) is 0.755. The van der Waals surface area contributed by atoms with E-state index in [1.165, 1.54) is 13.0 Å². The monoisotopic (exact) mass is 158 g/mol. The van der Waals surface area contributed by atoms with Gasteiger partial charge in [0.25, 0.3) is 0 Å². The van der Waals surface area contributed by atoms with E-state index in [0.717, 1.165) is 23.2 Å². The van der Waals surface area contributed by atoms with Crippen molar-refractivity contribution in [3.63, 3.8) is 0 Å². The van der Waals surface area contributed by atoms with Gasteiger partial charge in [-0.2, -0.15) is 0 Å². The number of nitrogens with zero attached hydrogens (tertiary/aromatic N) is 1. The highest BCUT2D eigenvalue weighted by Crippen LogP contribution is 2.26. The number of hydrogen-bond acceptors (Lipinski definition) is 1. The van der Waals surface area contributed by atoms with Crippen LogP contribution < -0.4 is 0 Å². The molecule has 0 radical (unpaired) electrons. The second kappa shape index (κ2) is 3.11. The standard InChI is InChI=1S/C9H20NO/c1-10(2,3)7-8-4-5-9(11)6-8/h8-9,11H,4-7H2,1-3H3/q+1/t8-,9-/m0/s1. The van der Waals surface area contributed by atoms with Gasteiger partial charge in [0.05, 0.1) is 33.8 Å². The summed E-state index contributed by atoms with van der Waals surface area (Å²) in [6.45, 7) is 1.21. The summed E-state index contributed by atoms with van der Waals surface area (Å²) in [5.41, 5.74) is 0. The molecule has 1 fully saturated rings. The van der Waals surface area contributed by atoms with Crippen LogP contribution in [0.25, 0.3) is 0 Å². The lowest BCUT2D eigenvalue weighted by Gasteiger charge is -2.27. The number of hydrogen-bond donors (Lipinski definition) is 1. The van der Waals surface area contributed by atoms with Gasteiger partial charge in [0, 0.05) is 5.92 Å². The van der Waals surface area contributed by atoms with Crippen molar-refractivity contribution in [3.05, 3.63) is 0 Å². The third-order valence-corrected chi connectivity index (χ3v) is 2.32. The zero-order chi connectivity index (χ0) is 8.48. The molecular weight excluding hydrogens is 138 g/mol. The first-order chi connectivity index (χ1) is 4.97. The Morgan fingerprint density at radius 3 is 2.27 bits per heavy atom. The van der Waals surface area contributed by atoms with E-state index in [4.69, 9.17) is 0 Å². The summed E-state index contributed by atoms with van der Waals surface area (Å²) < 4.78 is 1.03. The number of aliphatic hydroxyl groups excluding tert-OH is 1. The zero-order valence-corrected chi connectivity index (χ0v) is 7.88. The van der Waals surface area contributed by atoms with Crippen molar-refractivity contribution >= 4 is 0 Å². The van der Waals surface area contributed by atoms with Gasteiger partial charge in [-0.1, -0.05) is 0 Å². The third kappa shape index (κ3) is 3.21. The summed E-state index contributed by atoms with van der Waals surface area (Å²) in [6.07, 6.45) is 3.25. The molecule has 1 N–H and O–H groups in total. The van der Waals surface area contributed by atoms with Crippen LogP contribution in [-0.2, 0) is 0 Å². The minimum absolute atomic E-state index is 0.00782. The highest BCUT2D eigenvalue weighted by atomic mass is 16.3. The summed E-state index contributed by atoms with van der Waals surface area (Å²) in [5, 5.41) is 9.29. The normalized spacial score (nSPS) is 32.7. The first-order valence-electron chi connectivity index (χ1n) is 4.46. The Hall–Kier alpha value is -0.0800. The van der Waals surface area contributed by atoms with Gasteiger partial charge in [0.15, 0.2) is 0 Å². The molecule has 2 atom stereocenters. The first kappa shape index (κ1) is 9.01. The van der Waals surface area contributed by atoms with Crippen molar-refractivity contribution in [3.8, 4) is 0 Å². The number of quaternary nitrogens is 1. The van der Waals surface area contributed by atoms with E-state index in [9.17, 15) is 5.11 Å². The van der Waals surface area contributed by atoms with Gasteiger partial charge in [-0.15, -0.1) is 0 Å². The lowest BCUT2D eigenvalue weighted by Crippen LogP contribution is -2.38. The van der Waals surface area contributed by atoms with Crippen LogP contribution >= 0.6 is 0 Å². The van der Waals surface area contributed by atoms with Crippen LogP contribution in [0.4, 0.5) is 0 Å². The van der Waals surface area contributed by atoms with E-state index < -0.39 is 0 Å². The van der Waals surface area contributed by atoms with E-state index in [-0.39, 0.29) is 6.10 Å². The third-order valence-electron chi connectivity index (χ3n) is 2.32. The summed E-state index contributed by atoms with van der Waals surface area (Å²) in [6, 6.07) is 0. The lowest BCUT2D eigenvalue weighted by molar-refractivity contribution is -0.873. The molecule has 0 aromatic carbocycles. The van der Waals surface area contributed by atoms with Gasteiger partial charge in [-0.05, 0) is 19.3 Å². The summed E-state index contributed by atoms with van der Waals surface area (Å²) in [7, 11) is 6.64. The van der Waals surface area contributed by atoms with E-state index in [1.54, 1.807) is 0 Å². The van der Waals surface area contributed by atoms with Gasteiger partial charge in [-0.3, -0.25) is 0 Å². The fraction of sp³-hybridized carbons (Fsp3) is 1.00. The van der Waals surface area contributed by atoms with Crippen LogP contribution in [0.1, 0.15) is 19.3 Å². The van der Waals surface area contributed by atoms with E-state index in [1.807, 2.05) is 0 Å². The fourth-order valence-electron chi connectivity index (χ4n) is 1.99. The Bertz CT molecular complexity index is 128. The fourth-order valence-corrected chi connectivity index (χ4v) is 1.99. The second-order valence-electron chi connectivity index (χ2n) is 4.81. The molecule has 11 heavy (non-hydrogen) atoms. The minimum atomic E-state index is -0.00782. The molecule has 1 aliphatic carbocycles. The summed E-state index contributed by atoms with van der Waals surface area (Å²) >= 11 is 0. The minimum Gasteiger partial charge on any atom is -0.393 e. The van der Waals surface area contributed by atoms with Crippen molar-refractivity contribution < 1.29 is 9.59 Å². The molecule has 1 saturated carbocycles. The Labute approximate surface area is 69.4 Å². The van der Waals surface area contributed by atoms with E-state index >= 15 is 0 Å². The van der Waals surface area contributed by atoms with E-state index in [2.05, 4.69) is 21.1 Å². The van der Waals surface area contributed by atoms with Crippen molar-refractivity contribution in [1.82, 2.24) is 0 Å². The predicted octanol–water partition coefficient (Wildman–Crippen LogP) is 0.854. The first-order valence-corrected chi connectivity index (χ1v) is 4.46. The maximum Gasteiger partial charge on any atom is 0.0809 e. The highest BCUT2D eigenvalue weighted by Gasteiger charge is 2.26. The van der Waals surface area contributed by atoms with Crippen LogP contribution in [0.5, 0.6) is 0 Å². The molecule has 0 aliphatic heterocycles. The predicted molar refractivity (Wildman–Crippen MR) is 46.2 cm³/mol. The van der Waals surface area contributed by atoms with Crippen LogP contribution in [-0.4, -0.2) is 43.4 Å². The lowest BCUT2D eigenvalue weighted by atomic mass is 10.1. The quantitative estimate of drug-likeness (QED) is 0.591. The molecule has 0 unspecified atom stereocenters. The van der Waals surface area contributed by atoms with Crippen LogP contribution in [0.15, 0.2) is 0 Å². The molecule has 0 saturated heterocycles. The van der Waals surface area contributed by atoms with Crippen molar-refractivity contribution in [2.75, 3.05) is 27.7 Å². The molecule has 1 aliphatic rings. The molecule has 66 valence electrons. The molecular formula is C9H20NO+. The second-order valence-corrected chi connectivity index (χ2v) is 4.81. The summed E-state index contributed by atoms with van der Waals surface area (Å²) in [4.78, 5) is 0. The Morgan fingerprint density at radius 2 is 1.91 bits per heavy atom. The van der Waals surface area contributed by atoms with Gasteiger partial charge >= 0.3 is 0 Å². The maximum atomic E-state index is 9.29. The Morgan fingerprint density at radius 1 is 1.27 bits per heavy atom. The average molecular weight is 158 g/mol. The van der Waals surface area contributed by atoms with Gasteiger partial charge < -0.3 is 9.59 Å². The largest absolute Gasteiger partial charge is 0.393 e. The molecule has 0 aromatic rings. The Balaban J connectivity index is 2.29. The van der Waals surface area contributed by atoms with Crippen molar-refractivity contribution in [2.24, 2.45) is 5.92 Å². The maximum absolute atomic E-state index is 9.29. The van der Waals surface area contributed by atoms with Crippen LogP contribution in [0.3, 0.4) is 0 Å². The SMILES string of the molecule is C[N+](C)(C)C[C@H]1CC[C@H](O)C1. The Kier molecular flexibility index (Phi) is 2.55. The molecule has 1 rings (SSSR count). The van der Waals surface area contributed by atoms with Gasteiger partial charge in [0.1, 0.15) is 0 Å². The molecule has 0 aromatic heterocycles. The number of aliphatic hydroxyl groups is 1. The molecule has 2 heteroatoms. The van der Waals surface area contributed by atoms with Gasteiger partial charge in [0.2, 0.25) is 0 Å². The number of rotatable bonds is 2. The van der Waals surface area contributed by atoms with Gasteiger partial charge in [-0.25, -0.2) is 0 Å². The molecule has 0 spiro atoms.